The van der Waals surface area contributed by atoms with Crippen LogP contribution in [0.25, 0.3) is 32.6 Å². The van der Waals surface area contributed by atoms with Crippen LogP contribution in [0.15, 0.2) is 46.8 Å². The minimum Gasteiger partial charge on any atom is -0.477 e. The number of fused-ring (bicyclic) bond motifs is 1. The third-order valence-electron chi connectivity index (χ3n) is 7.01. The Hall–Kier alpha value is -4.15. The van der Waals surface area contributed by atoms with E-state index < -0.39 is 54.3 Å². The average Bonchev–Trinajstić information content (AvgIpc) is 3.48. The van der Waals surface area contributed by atoms with E-state index in [4.69, 9.17) is 9.05 Å². The predicted molar refractivity (Wildman–Crippen MR) is 178 cm³/mol. The molecule has 13 nitrogen and oxygen atoms in total. The fraction of sp³-hybridized carbons (Fsp3) is 0.387. The number of nitrogens with zero attached hydrogens (tertiary/aromatic N) is 3. The second-order valence-corrected chi connectivity index (χ2v) is 14.5. The number of amides is 2. The molecule has 0 fully saturated rings. The lowest BCUT2D eigenvalue weighted by Crippen LogP contribution is -2.28. The maximum absolute atomic E-state index is 13.5. The van der Waals surface area contributed by atoms with E-state index in [9.17, 15) is 42.1 Å². The number of hydrogen-bond donors (Lipinski definition) is 4. The van der Waals surface area contributed by atoms with E-state index in [1.54, 1.807) is 47.6 Å². The van der Waals surface area contributed by atoms with Crippen molar-refractivity contribution in [3.63, 3.8) is 0 Å². The number of nitrogens with one attached hydrogen (secondary N) is 2. The molecular weight excluding hydrogens is 690 g/mol. The molecule has 4 N–H and O–H groups in total. The highest BCUT2D eigenvalue weighted by Crippen LogP contribution is 2.48. The van der Waals surface area contributed by atoms with Crippen LogP contribution in [0.2, 0.25) is 0 Å². The monoisotopic (exact) mass is 725 g/mol. The average molecular weight is 726 g/mol. The van der Waals surface area contributed by atoms with E-state index >= 15 is 0 Å². The number of benzene rings is 1. The van der Waals surface area contributed by atoms with Gasteiger partial charge >= 0.3 is 26.0 Å². The first-order valence-corrected chi connectivity index (χ1v) is 17.3. The minimum absolute atomic E-state index is 0.0150. The maximum atomic E-state index is 13.5. The van der Waals surface area contributed by atoms with Crippen LogP contribution in [0, 0.1) is 5.92 Å². The van der Waals surface area contributed by atoms with Gasteiger partial charge in [0.15, 0.2) is 5.69 Å². The zero-order chi connectivity index (χ0) is 36.5. The summed E-state index contributed by atoms with van der Waals surface area (Å²) in [6.07, 6.45) is -2.29. The van der Waals surface area contributed by atoms with Crippen molar-refractivity contribution in [2.45, 2.75) is 59.4 Å². The topological polar surface area (TPSA) is 182 Å². The molecule has 2 amide bonds. The third-order valence-corrected chi connectivity index (χ3v) is 9.14. The van der Waals surface area contributed by atoms with Gasteiger partial charge in [0.25, 0.3) is 0 Å². The molecule has 0 bridgehead atoms. The van der Waals surface area contributed by atoms with Crippen molar-refractivity contribution in [3.8, 4) is 21.7 Å². The summed E-state index contributed by atoms with van der Waals surface area (Å²) >= 11 is 0.711. The van der Waals surface area contributed by atoms with E-state index in [0.29, 0.717) is 17.9 Å². The van der Waals surface area contributed by atoms with Gasteiger partial charge in [-0.15, -0.1) is 11.3 Å². The number of phosphoric ester groups is 1. The largest absolute Gasteiger partial charge is 0.477 e. The van der Waals surface area contributed by atoms with E-state index in [1.165, 1.54) is 29.0 Å². The fourth-order valence-electron chi connectivity index (χ4n) is 4.87. The molecule has 1 aromatic carbocycles. The van der Waals surface area contributed by atoms with Gasteiger partial charge in [0.1, 0.15) is 16.4 Å². The van der Waals surface area contributed by atoms with Crippen LogP contribution in [-0.4, -0.2) is 55.3 Å². The molecule has 3 heterocycles. The summed E-state index contributed by atoms with van der Waals surface area (Å²) in [6, 6.07) is 4.45. The summed E-state index contributed by atoms with van der Waals surface area (Å²) < 4.78 is 65.1. The molecule has 0 radical (unpaired) electrons. The molecular formula is C31H35F3N5O8PS. The maximum Gasteiger partial charge on any atom is 0.472 e. The standard InChI is InChI=1S/C31H35F3N5O8PS/c1-7-35-29(43)38-25-11-18(27-37-24(15-49-27)31(32,33)34)20(12-36-25)17-8-9-22-19(10-17)26(40)21(28(41)42)13-39(22)23(16(2)3)14-46-48(44,45)47-30(4,5)6/h8-13,15-16,23H,7,14H2,1-6H3,(H,41,42)(H,44,45)(H2,35,36,38,43)/t23-/m1/s1. The highest BCUT2D eigenvalue weighted by atomic mass is 32.1. The number of carbonyl (C=O) groups is 2. The number of aromatic carboxylic acids is 1. The van der Waals surface area contributed by atoms with Crippen LogP contribution in [0.3, 0.4) is 0 Å². The molecule has 0 saturated carbocycles. The number of alkyl halides is 3. The molecule has 49 heavy (non-hydrogen) atoms. The summed E-state index contributed by atoms with van der Waals surface area (Å²) in [5.74, 6) is -1.82. The summed E-state index contributed by atoms with van der Waals surface area (Å²) in [5, 5.41) is 15.7. The van der Waals surface area contributed by atoms with Crippen molar-refractivity contribution in [1.29, 1.82) is 0 Å². The van der Waals surface area contributed by atoms with Gasteiger partial charge in [-0.05, 0) is 57.4 Å². The molecule has 4 rings (SSSR count). The first-order chi connectivity index (χ1) is 22.7. The minimum atomic E-state index is -4.72. The third kappa shape index (κ3) is 9.10. The number of carboxylic acid groups (broad SMARTS) is 1. The van der Waals surface area contributed by atoms with Gasteiger partial charge in [0.2, 0.25) is 5.43 Å². The van der Waals surface area contributed by atoms with Gasteiger partial charge in [-0.25, -0.2) is 24.1 Å². The number of halogens is 3. The van der Waals surface area contributed by atoms with Gasteiger partial charge in [0, 0.05) is 40.8 Å². The number of carbonyl (C=O) groups excluding carboxylic acids is 1. The SMILES string of the molecule is CCNC(=O)Nc1cc(-c2nc(C(F)(F)F)cs2)c(-c2ccc3c(c2)c(=O)c(C(=O)O)cn3[C@H](COP(=O)(O)OC(C)(C)C)C(C)C)cn1. The first-order valence-electron chi connectivity index (χ1n) is 14.9. The molecule has 0 saturated heterocycles. The number of anilines is 1. The number of aromatic nitrogens is 3. The first kappa shape index (κ1) is 37.7. The molecule has 0 aliphatic rings. The Kier molecular flexibility index (Phi) is 11.0. The number of carboxylic acids is 1. The number of hydrogen-bond acceptors (Lipinski definition) is 9. The molecule has 2 atom stereocenters. The summed E-state index contributed by atoms with van der Waals surface area (Å²) in [5.41, 5.74) is -2.64. The van der Waals surface area contributed by atoms with Gasteiger partial charge < -0.3 is 19.9 Å². The highest BCUT2D eigenvalue weighted by molar-refractivity contribution is 7.47. The molecule has 18 heteroatoms. The second-order valence-electron chi connectivity index (χ2n) is 12.2. The zero-order valence-corrected chi connectivity index (χ0v) is 29.0. The smallest absolute Gasteiger partial charge is 0.472 e. The Morgan fingerprint density at radius 3 is 2.41 bits per heavy atom. The van der Waals surface area contributed by atoms with Gasteiger partial charge in [-0.2, -0.15) is 13.2 Å². The van der Waals surface area contributed by atoms with Crippen LogP contribution < -0.4 is 16.1 Å². The van der Waals surface area contributed by atoms with Crippen LogP contribution >= 0.6 is 19.2 Å². The Labute approximate surface area is 282 Å². The lowest BCUT2D eigenvalue weighted by molar-refractivity contribution is -0.140. The molecule has 3 aromatic heterocycles. The summed E-state index contributed by atoms with van der Waals surface area (Å²) in [4.78, 5) is 56.2. The van der Waals surface area contributed by atoms with E-state index in [-0.39, 0.29) is 50.9 Å². The zero-order valence-electron chi connectivity index (χ0n) is 27.3. The van der Waals surface area contributed by atoms with E-state index in [1.807, 2.05) is 0 Å². The molecule has 264 valence electrons. The highest BCUT2D eigenvalue weighted by Gasteiger charge is 2.34. The number of phosphoric acid groups is 1. The number of thiazole rings is 1. The molecule has 0 aliphatic carbocycles. The van der Waals surface area contributed by atoms with Gasteiger partial charge in [0.05, 0.1) is 23.8 Å². The van der Waals surface area contributed by atoms with Crippen molar-refractivity contribution in [2.24, 2.45) is 5.92 Å². The predicted octanol–water partition coefficient (Wildman–Crippen LogP) is 7.17. The van der Waals surface area contributed by atoms with Crippen LogP contribution in [0.5, 0.6) is 0 Å². The van der Waals surface area contributed by atoms with Crippen LogP contribution in [0.1, 0.15) is 63.6 Å². The fourth-order valence-corrected chi connectivity index (χ4v) is 6.81. The lowest BCUT2D eigenvalue weighted by Gasteiger charge is -2.28. The summed E-state index contributed by atoms with van der Waals surface area (Å²) in [7, 11) is -4.54. The number of pyridine rings is 2. The number of urea groups is 1. The van der Waals surface area contributed by atoms with Crippen molar-refractivity contribution in [3.05, 3.63) is 63.5 Å². The van der Waals surface area contributed by atoms with Crippen molar-refractivity contribution in [2.75, 3.05) is 18.5 Å². The van der Waals surface area contributed by atoms with Crippen molar-refractivity contribution in [1.82, 2.24) is 19.9 Å². The van der Waals surface area contributed by atoms with Crippen molar-refractivity contribution >= 4 is 47.9 Å². The second kappa shape index (κ2) is 14.4. The van der Waals surface area contributed by atoms with E-state index in [2.05, 4.69) is 20.6 Å². The normalized spacial score (nSPS) is 14.1. The molecule has 1 unspecified atom stereocenters. The molecule has 0 aliphatic heterocycles. The van der Waals surface area contributed by atoms with Crippen LogP contribution in [0.4, 0.5) is 23.8 Å². The Morgan fingerprint density at radius 2 is 1.84 bits per heavy atom. The Morgan fingerprint density at radius 1 is 1.14 bits per heavy atom. The Bertz CT molecular complexity index is 1990. The Balaban J connectivity index is 1.90. The quantitative estimate of drug-likeness (QED) is 0.116. The van der Waals surface area contributed by atoms with Crippen molar-refractivity contribution < 1.29 is 46.4 Å². The lowest BCUT2D eigenvalue weighted by atomic mass is 9.98. The van der Waals surface area contributed by atoms with Gasteiger partial charge in [-0.1, -0.05) is 19.9 Å². The van der Waals surface area contributed by atoms with E-state index in [0.717, 1.165) is 11.6 Å². The van der Waals surface area contributed by atoms with Crippen LogP contribution in [-0.2, 0) is 19.8 Å². The summed E-state index contributed by atoms with van der Waals surface area (Å²) in [6.45, 7) is 9.88. The molecule has 4 aromatic rings. The molecule has 0 spiro atoms. The van der Waals surface area contributed by atoms with Gasteiger partial charge in [-0.3, -0.25) is 19.2 Å². The number of rotatable bonds is 11.